The van der Waals surface area contributed by atoms with Crippen LogP contribution < -0.4 is 5.32 Å². The molecule has 0 aromatic carbocycles. The largest absolute Gasteiger partial charge is 0.323 e. The SMILES string of the molecule is CCCC1NC2(CCCC2)C(=O)N1C1CCC(CC)CC1. The van der Waals surface area contributed by atoms with E-state index in [0.717, 1.165) is 31.6 Å². The summed E-state index contributed by atoms with van der Waals surface area (Å²) in [5.74, 6) is 1.34. The lowest BCUT2D eigenvalue weighted by Gasteiger charge is -2.37. The molecule has 120 valence electrons. The highest BCUT2D eigenvalue weighted by molar-refractivity contribution is 5.89. The number of nitrogens with zero attached hydrogens (tertiary/aromatic N) is 1. The van der Waals surface area contributed by atoms with Gasteiger partial charge in [-0.25, -0.2) is 0 Å². The van der Waals surface area contributed by atoms with E-state index in [1.807, 2.05) is 0 Å². The summed E-state index contributed by atoms with van der Waals surface area (Å²) in [7, 11) is 0. The fourth-order valence-electron chi connectivity index (χ4n) is 4.91. The van der Waals surface area contributed by atoms with Gasteiger partial charge in [-0.05, 0) is 50.9 Å². The first kappa shape index (κ1) is 15.3. The molecule has 1 heterocycles. The Morgan fingerprint density at radius 2 is 1.81 bits per heavy atom. The van der Waals surface area contributed by atoms with Crippen LogP contribution in [0, 0.1) is 5.92 Å². The Labute approximate surface area is 129 Å². The third-order valence-electron chi connectivity index (χ3n) is 6.23. The Bertz CT molecular complexity index is 367. The average Bonchev–Trinajstić information content (AvgIpc) is 3.07. The smallest absolute Gasteiger partial charge is 0.244 e. The van der Waals surface area contributed by atoms with Crippen molar-refractivity contribution in [1.29, 1.82) is 0 Å². The fraction of sp³-hybridized carbons (Fsp3) is 0.944. The number of carbonyl (C=O) groups is 1. The van der Waals surface area contributed by atoms with E-state index in [4.69, 9.17) is 0 Å². The standard InChI is InChI=1S/C18H32N2O/c1-3-7-16-19-18(12-5-6-13-18)17(21)20(16)15-10-8-14(4-2)9-11-15/h14-16,19H,3-13H2,1-2H3. The summed E-state index contributed by atoms with van der Waals surface area (Å²) in [6, 6.07) is 0.504. The zero-order valence-corrected chi connectivity index (χ0v) is 13.9. The minimum Gasteiger partial charge on any atom is -0.323 e. The first-order valence-corrected chi connectivity index (χ1v) is 9.30. The predicted molar refractivity (Wildman–Crippen MR) is 85.9 cm³/mol. The van der Waals surface area contributed by atoms with Crippen LogP contribution in [0.1, 0.15) is 84.5 Å². The minimum atomic E-state index is -0.179. The molecular weight excluding hydrogens is 260 g/mol. The molecular formula is C18H32N2O. The van der Waals surface area contributed by atoms with Crippen LogP contribution in [-0.2, 0) is 4.79 Å². The molecule has 21 heavy (non-hydrogen) atoms. The molecule has 0 radical (unpaired) electrons. The van der Waals surface area contributed by atoms with E-state index in [1.165, 1.54) is 44.9 Å². The highest BCUT2D eigenvalue weighted by atomic mass is 16.2. The van der Waals surface area contributed by atoms with Gasteiger partial charge >= 0.3 is 0 Å². The van der Waals surface area contributed by atoms with E-state index >= 15 is 0 Å². The number of rotatable bonds is 4. The lowest BCUT2D eigenvalue weighted by Crippen LogP contribution is -2.46. The molecule has 3 rings (SSSR count). The van der Waals surface area contributed by atoms with Gasteiger partial charge in [0.25, 0.3) is 0 Å². The molecule has 1 spiro atoms. The Hall–Kier alpha value is -0.570. The minimum absolute atomic E-state index is 0.179. The molecule has 3 fully saturated rings. The monoisotopic (exact) mass is 292 g/mol. The second-order valence-corrected chi connectivity index (χ2v) is 7.53. The first-order valence-electron chi connectivity index (χ1n) is 9.30. The van der Waals surface area contributed by atoms with Gasteiger partial charge in [-0.2, -0.15) is 0 Å². The van der Waals surface area contributed by atoms with Gasteiger partial charge in [0.05, 0.1) is 11.7 Å². The molecule has 0 aromatic heterocycles. The normalized spacial score (nSPS) is 35.8. The van der Waals surface area contributed by atoms with E-state index in [9.17, 15) is 4.79 Å². The summed E-state index contributed by atoms with van der Waals surface area (Å²) in [6.45, 7) is 4.54. The van der Waals surface area contributed by atoms with Crippen molar-refractivity contribution >= 4 is 5.91 Å². The number of carbonyl (C=O) groups excluding carboxylic acids is 1. The van der Waals surface area contributed by atoms with Crippen LogP contribution in [0.15, 0.2) is 0 Å². The Morgan fingerprint density at radius 3 is 2.38 bits per heavy atom. The van der Waals surface area contributed by atoms with Gasteiger partial charge in [-0.3, -0.25) is 10.1 Å². The summed E-state index contributed by atoms with van der Waals surface area (Å²) in [5.41, 5.74) is -0.179. The van der Waals surface area contributed by atoms with Crippen LogP contribution in [0.25, 0.3) is 0 Å². The predicted octanol–water partition coefficient (Wildman–Crippen LogP) is 3.83. The summed E-state index contributed by atoms with van der Waals surface area (Å²) in [6.07, 6.45) is 13.5. The zero-order valence-electron chi connectivity index (χ0n) is 13.9. The van der Waals surface area contributed by atoms with Gasteiger partial charge in [-0.1, -0.05) is 39.5 Å². The summed E-state index contributed by atoms with van der Waals surface area (Å²) in [5, 5.41) is 3.77. The van der Waals surface area contributed by atoms with Crippen molar-refractivity contribution < 1.29 is 4.79 Å². The van der Waals surface area contributed by atoms with Crippen molar-refractivity contribution in [3.05, 3.63) is 0 Å². The van der Waals surface area contributed by atoms with Crippen molar-refractivity contribution in [2.75, 3.05) is 0 Å². The van der Waals surface area contributed by atoms with Gasteiger partial charge in [0, 0.05) is 6.04 Å². The highest BCUT2D eigenvalue weighted by Gasteiger charge is 2.53. The zero-order chi connectivity index (χ0) is 14.9. The van der Waals surface area contributed by atoms with Crippen LogP contribution in [0.2, 0.25) is 0 Å². The summed E-state index contributed by atoms with van der Waals surface area (Å²) < 4.78 is 0. The molecule has 1 amide bonds. The first-order chi connectivity index (χ1) is 10.2. The van der Waals surface area contributed by atoms with Gasteiger partial charge in [0.2, 0.25) is 5.91 Å². The molecule has 3 nitrogen and oxygen atoms in total. The molecule has 1 N–H and O–H groups in total. The molecule has 0 aromatic rings. The van der Waals surface area contributed by atoms with Crippen molar-refractivity contribution in [2.24, 2.45) is 5.92 Å². The van der Waals surface area contributed by atoms with E-state index in [-0.39, 0.29) is 5.54 Å². The van der Waals surface area contributed by atoms with Crippen LogP contribution >= 0.6 is 0 Å². The van der Waals surface area contributed by atoms with Gasteiger partial charge in [0.15, 0.2) is 0 Å². The van der Waals surface area contributed by atoms with Gasteiger partial charge in [-0.15, -0.1) is 0 Å². The molecule has 0 bridgehead atoms. The third-order valence-corrected chi connectivity index (χ3v) is 6.23. The van der Waals surface area contributed by atoms with Crippen molar-refractivity contribution in [3.63, 3.8) is 0 Å². The topological polar surface area (TPSA) is 32.3 Å². The van der Waals surface area contributed by atoms with Crippen molar-refractivity contribution in [2.45, 2.75) is 102 Å². The second-order valence-electron chi connectivity index (χ2n) is 7.53. The van der Waals surface area contributed by atoms with E-state index < -0.39 is 0 Å². The number of hydrogen-bond donors (Lipinski definition) is 1. The van der Waals surface area contributed by atoms with Crippen LogP contribution in [0.5, 0.6) is 0 Å². The van der Waals surface area contributed by atoms with Crippen molar-refractivity contribution in [1.82, 2.24) is 10.2 Å². The molecule has 3 heteroatoms. The van der Waals surface area contributed by atoms with Crippen LogP contribution in [0.3, 0.4) is 0 Å². The highest BCUT2D eigenvalue weighted by Crippen LogP contribution is 2.40. The van der Waals surface area contributed by atoms with E-state index in [0.29, 0.717) is 18.1 Å². The maximum Gasteiger partial charge on any atom is 0.244 e. The number of hydrogen-bond acceptors (Lipinski definition) is 2. The average molecular weight is 292 g/mol. The number of amides is 1. The summed E-state index contributed by atoms with van der Waals surface area (Å²) >= 11 is 0. The molecule has 1 unspecified atom stereocenters. The lowest BCUT2D eigenvalue weighted by molar-refractivity contribution is -0.136. The Morgan fingerprint density at radius 1 is 1.14 bits per heavy atom. The van der Waals surface area contributed by atoms with Crippen molar-refractivity contribution in [3.8, 4) is 0 Å². The Balaban J connectivity index is 1.73. The fourth-order valence-corrected chi connectivity index (χ4v) is 4.91. The van der Waals surface area contributed by atoms with Crippen LogP contribution in [-0.4, -0.2) is 28.6 Å². The second kappa shape index (κ2) is 6.28. The Kier molecular flexibility index (Phi) is 4.58. The molecule has 1 aliphatic heterocycles. The maximum absolute atomic E-state index is 13.1. The molecule has 1 atom stereocenters. The number of nitrogens with one attached hydrogen (secondary N) is 1. The molecule has 3 aliphatic rings. The van der Waals surface area contributed by atoms with Gasteiger partial charge < -0.3 is 4.90 Å². The molecule has 2 aliphatic carbocycles. The summed E-state index contributed by atoms with van der Waals surface area (Å²) in [4.78, 5) is 15.4. The van der Waals surface area contributed by atoms with Gasteiger partial charge in [0.1, 0.15) is 0 Å². The van der Waals surface area contributed by atoms with E-state index in [1.54, 1.807) is 0 Å². The third kappa shape index (κ3) is 2.74. The lowest BCUT2D eigenvalue weighted by atomic mass is 9.83. The van der Waals surface area contributed by atoms with Crippen LogP contribution in [0.4, 0.5) is 0 Å². The molecule has 2 saturated carbocycles. The molecule has 1 saturated heterocycles. The maximum atomic E-state index is 13.1. The van der Waals surface area contributed by atoms with E-state index in [2.05, 4.69) is 24.1 Å². The quantitative estimate of drug-likeness (QED) is 0.854.